The van der Waals surface area contributed by atoms with Crippen LogP contribution in [0.3, 0.4) is 0 Å². The molecular formula is C11H17N3OS. The van der Waals surface area contributed by atoms with E-state index in [2.05, 4.69) is 41.2 Å². The number of benzene rings is 1. The number of thioether (sulfide) groups is 1. The molecule has 0 atom stereocenters. The zero-order valence-electron chi connectivity index (χ0n) is 9.32. The number of amides is 2. The molecule has 0 saturated heterocycles. The lowest BCUT2D eigenvalue weighted by molar-refractivity contribution is 0.249. The second kappa shape index (κ2) is 7.14. The molecule has 88 valence electrons. The van der Waals surface area contributed by atoms with Gasteiger partial charge < -0.3 is 16.4 Å². The number of hydrogen-bond acceptors (Lipinski definition) is 3. The maximum absolute atomic E-state index is 10.4. The van der Waals surface area contributed by atoms with Crippen molar-refractivity contribution in [1.82, 2.24) is 10.6 Å². The molecule has 0 radical (unpaired) electrons. The average Bonchev–Trinajstić information content (AvgIpc) is 2.29. The smallest absolute Gasteiger partial charge is 0.312 e. The van der Waals surface area contributed by atoms with E-state index in [-0.39, 0.29) is 0 Å². The summed E-state index contributed by atoms with van der Waals surface area (Å²) in [5, 5.41) is 5.74. The minimum absolute atomic E-state index is 0.480. The Kier molecular flexibility index (Phi) is 5.74. The van der Waals surface area contributed by atoms with Crippen LogP contribution in [0.4, 0.5) is 4.79 Å². The van der Waals surface area contributed by atoms with Gasteiger partial charge in [-0.3, -0.25) is 0 Å². The van der Waals surface area contributed by atoms with Crippen LogP contribution < -0.4 is 16.4 Å². The van der Waals surface area contributed by atoms with Gasteiger partial charge in [-0.05, 0) is 24.0 Å². The Hall–Kier alpha value is -1.20. The maximum Gasteiger partial charge on any atom is 0.312 e. The Morgan fingerprint density at radius 3 is 2.56 bits per heavy atom. The zero-order chi connectivity index (χ0) is 11.8. The normalized spacial score (nSPS) is 10.1. The maximum atomic E-state index is 10.4. The second-order valence-electron chi connectivity index (χ2n) is 3.32. The molecule has 4 nitrogen and oxygen atoms in total. The molecule has 0 bridgehead atoms. The van der Waals surface area contributed by atoms with Gasteiger partial charge in [-0.2, -0.15) is 0 Å². The molecule has 1 aromatic carbocycles. The molecule has 4 N–H and O–H groups in total. The number of primary amides is 1. The minimum atomic E-state index is -0.480. The van der Waals surface area contributed by atoms with E-state index in [1.807, 2.05) is 0 Å². The van der Waals surface area contributed by atoms with Gasteiger partial charge in [0.25, 0.3) is 0 Å². The summed E-state index contributed by atoms with van der Waals surface area (Å²) in [6, 6.07) is 7.92. The summed E-state index contributed by atoms with van der Waals surface area (Å²) in [7, 11) is 0. The summed E-state index contributed by atoms with van der Waals surface area (Å²) in [6.07, 6.45) is 2.06. The van der Waals surface area contributed by atoms with Crippen molar-refractivity contribution < 1.29 is 4.79 Å². The van der Waals surface area contributed by atoms with Gasteiger partial charge in [-0.15, -0.1) is 11.8 Å². The fraction of sp³-hybridized carbons (Fsp3) is 0.364. The summed E-state index contributed by atoms with van der Waals surface area (Å²) >= 11 is 1.73. The average molecular weight is 239 g/mol. The van der Waals surface area contributed by atoms with E-state index in [1.54, 1.807) is 11.8 Å². The highest BCUT2D eigenvalue weighted by Crippen LogP contribution is 2.14. The largest absolute Gasteiger partial charge is 0.352 e. The van der Waals surface area contributed by atoms with Crippen LogP contribution in [-0.2, 0) is 6.54 Å². The lowest BCUT2D eigenvalue weighted by atomic mass is 10.2. The number of nitrogens with two attached hydrogens (primary N) is 1. The van der Waals surface area contributed by atoms with E-state index in [9.17, 15) is 4.79 Å². The van der Waals surface area contributed by atoms with Crippen LogP contribution in [0, 0.1) is 0 Å². The van der Waals surface area contributed by atoms with Crippen molar-refractivity contribution in [3.63, 3.8) is 0 Å². The van der Waals surface area contributed by atoms with E-state index < -0.39 is 6.03 Å². The monoisotopic (exact) mass is 239 g/mol. The van der Waals surface area contributed by atoms with Crippen LogP contribution in [0.25, 0.3) is 0 Å². The number of nitrogens with one attached hydrogen (secondary N) is 2. The Balaban J connectivity index is 2.19. The molecule has 0 aliphatic carbocycles. The van der Waals surface area contributed by atoms with Gasteiger partial charge in [0.1, 0.15) is 0 Å². The van der Waals surface area contributed by atoms with Gasteiger partial charge in [0.15, 0.2) is 0 Å². The van der Waals surface area contributed by atoms with Crippen LogP contribution in [0.15, 0.2) is 29.2 Å². The predicted octanol–water partition coefficient (Wildman–Crippen LogP) is 1.17. The number of rotatable bonds is 6. The molecule has 0 aromatic heterocycles. The van der Waals surface area contributed by atoms with Crippen molar-refractivity contribution in [1.29, 1.82) is 0 Å². The quantitative estimate of drug-likeness (QED) is 0.515. The summed E-state index contributed by atoms with van der Waals surface area (Å²) in [5.41, 5.74) is 6.17. The Labute approximate surface area is 100.0 Å². The molecule has 1 aromatic rings. The third-order valence-corrected chi connectivity index (χ3v) is 2.83. The van der Waals surface area contributed by atoms with Gasteiger partial charge >= 0.3 is 6.03 Å². The summed E-state index contributed by atoms with van der Waals surface area (Å²) in [5.74, 6) is 0. The number of hydrogen-bond donors (Lipinski definition) is 3. The van der Waals surface area contributed by atoms with Crippen molar-refractivity contribution >= 4 is 17.8 Å². The molecule has 0 saturated carbocycles. The fourth-order valence-electron chi connectivity index (χ4n) is 1.25. The highest BCUT2D eigenvalue weighted by molar-refractivity contribution is 7.98. The first-order valence-electron chi connectivity index (χ1n) is 5.09. The fourth-order valence-corrected chi connectivity index (χ4v) is 1.66. The molecule has 0 heterocycles. The van der Waals surface area contributed by atoms with E-state index in [4.69, 9.17) is 5.73 Å². The standard InChI is InChI=1S/C11H17N3OS/c1-16-10-4-2-9(3-5-10)8-13-6-7-14-11(12)15/h2-5,13H,6-8H2,1H3,(H3,12,14,15). The third-order valence-electron chi connectivity index (χ3n) is 2.09. The third kappa shape index (κ3) is 5.04. The second-order valence-corrected chi connectivity index (χ2v) is 4.20. The molecule has 16 heavy (non-hydrogen) atoms. The van der Waals surface area contributed by atoms with Gasteiger partial charge in [0.05, 0.1) is 0 Å². The summed E-state index contributed by atoms with van der Waals surface area (Å²) in [4.78, 5) is 11.6. The van der Waals surface area contributed by atoms with Crippen LogP contribution in [-0.4, -0.2) is 25.4 Å². The van der Waals surface area contributed by atoms with Gasteiger partial charge in [-0.1, -0.05) is 12.1 Å². The van der Waals surface area contributed by atoms with Gasteiger partial charge in [-0.25, -0.2) is 4.79 Å². The summed E-state index contributed by atoms with van der Waals surface area (Å²) in [6.45, 7) is 2.07. The van der Waals surface area contributed by atoms with Crippen LogP contribution in [0.2, 0.25) is 0 Å². The van der Waals surface area contributed by atoms with Gasteiger partial charge in [0, 0.05) is 24.5 Å². The first-order chi connectivity index (χ1) is 7.72. The van der Waals surface area contributed by atoms with Crippen molar-refractivity contribution in [2.24, 2.45) is 5.73 Å². The number of carbonyl (C=O) groups excluding carboxylic acids is 1. The highest BCUT2D eigenvalue weighted by atomic mass is 32.2. The molecule has 0 spiro atoms. The molecule has 1 rings (SSSR count). The van der Waals surface area contributed by atoms with Crippen LogP contribution >= 0.6 is 11.8 Å². The Bertz CT molecular complexity index is 327. The zero-order valence-corrected chi connectivity index (χ0v) is 10.1. The Morgan fingerprint density at radius 2 is 2.00 bits per heavy atom. The van der Waals surface area contributed by atoms with E-state index in [1.165, 1.54) is 10.5 Å². The first kappa shape index (κ1) is 12.9. The van der Waals surface area contributed by atoms with Crippen molar-refractivity contribution in [2.75, 3.05) is 19.3 Å². The van der Waals surface area contributed by atoms with Gasteiger partial charge in [0.2, 0.25) is 0 Å². The molecular weight excluding hydrogens is 222 g/mol. The SMILES string of the molecule is CSc1ccc(CNCCNC(N)=O)cc1. The molecule has 0 fully saturated rings. The Morgan fingerprint density at radius 1 is 1.31 bits per heavy atom. The molecule has 0 aliphatic rings. The lowest BCUT2D eigenvalue weighted by Gasteiger charge is -2.05. The van der Waals surface area contributed by atoms with Crippen LogP contribution in [0.1, 0.15) is 5.56 Å². The predicted molar refractivity (Wildman–Crippen MR) is 67.5 cm³/mol. The van der Waals surface area contributed by atoms with E-state index >= 15 is 0 Å². The minimum Gasteiger partial charge on any atom is -0.352 e. The lowest BCUT2D eigenvalue weighted by Crippen LogP contribution is -2.35. The first-order valence-corrected chi connectivity index (χ1v) is 6.32. The topological polar surface area (TPSA) is 67.2 Å². The number of carbonyl (C=O) groups is 1. The van der Waals surface area contributed by atoms with E-state index in [0.717, 1.165) is 6.54 Å². The van der Waals surface area contributed by atoms with Crippen molar-refractivity contribution in [2.45, 2.75) is 11.4 Å². The highest BCUT2D eigenvalue weighted by Gasteiger charge is 1.94. The molecule has 0 unspecified atom stereocenters. The molecule has 0 aliphatic heterocycles. The summed E-state index contributed by atoms with van der Waals surface area (Å²) < 4.78 is 0. The van der Waals surface area contributed by atoms with E-state index in [0.29, 0.717) is 13.1 Å². The molecule has 2 amide bonds. The van der Waals surface area contributed by atoms with Crippen molar-refractivity contribution in [3.8, 4) is 0 Å². The number of urea groups is 1. The van der Waals surface area contributed by atoms with Crippen molar-refractivity contribution in [3.05, 3.63) is 29.8 Å². The molecule has 5 heteroatoms. The van der Waals surface area contributed by atoms with Crippen LogP contribution in [0.5, 0.6) is 0 Å².